The van der Waals surface area contributed by atoms with Gasteiger partial charge in [-0.1, -0.05) is 18.2 Å². The largest absolute Gasteiger partial charge is 0.365 e. The third-order valence-electron chi connectivity index (χ3n) is 6.69. The van der Waals surface area contributed by atoms with Crippen molar-refractivity contribution in [2.24, 2.45) is 7.05 Å². The first kappa shape index (κ1) is 24.7. The van der Waals surface area contributed by atoms with Crippen LogP contribution in [-0.4, -0.2) is 25.4 Å². The Morgan fingerprint density at radius 2 is 1.87 bits per heavy atom. The van der Waals surface area contributed by atoms with Crippen LogP contribution in [0.15, 0.2) is 85.5 Å². The molecule has 0 bridgehead atoms. The Balaban J connectivity index is 1.18. The number of carbonyl (C=O) groups is 1. The van der Waals surface area contributed by atoms with Gasteiger partial charge in [-0.2, -0.15) is 0 Å². The zero-order valence-corrected chi connectivity index (χ0v) is 22.2. The van der Waals surface area contributed by atoms with E-state index in [-0.39, 0.29) is 17.8 Å². The van der Waals surface area contributed by atoms with Gasteiger partial charge in [0.05, 0.1) is 41.7 Å². The van der Waals surface area contributed by atoms with Crippen LogP contribution in [-0.2, 0) is 13.6 Å². The highest BCUT2D eigenvalue weighted by Gasteiger charge is 2.16. The lowest BCUT2D eigenvalue weighted by atomic mass is 10.1. The Labute approximate surface area is 228 Å². The van der Waals surface area contributed by atoms with E-state index in [2.05, 4.69) is 49.9 Å². The summed E-state index contributed by atoms with van der Waals surface area (Å²) >= 11 is 1.68. The molecule has 0 saturated heterocycles. The fourth-order valence-corrected chi connectivity index (χ4v) is 5.57. The van der Waals surface area contributed by atoms with Crippen molar-refractivity contribution in [1.82, 2.24) is 24.8 Å². The number of rotatable bonds is 7. The summed E-state index contributed by atoms with van der Waals surface area (Å²) in [6, 6.07) is 19.8. The number of aromatic nitrogens is 4. The zero-order chi connectivity index (χ0) is 26.9. The Hall–Kier alpha value is -4.63. The van der Waals surface area contributed by atoms with Gasteiger partial charge in [-0.15, -0.1) is 11.3 Å². The highest BCUT2D eigenvalue weighted by Crippen LogP contribution is 2.32. The maximum Gasteiger partial charge on any atom is 0.255 e. The molecule has 0 aliphatic carbocycles. The Morgan fingerprint density at radius 1 is 1.03 bits per heavy atom. The Bertz CT molecular complexity index is 1810. The van der Waals surface area contributed by atoms with Crippen molar-refractivity contribution >= 4 is 45.0 Å². The van der Waals surface area contributed by atoms with E-state index < -0.39 is 0 Å². The third-order valence-corrected chi connectivity index (χ3v) is 7.82. The number of thiophene rings is 1. The van der Waals surface area contributed by atoms with Crippen molar-refractivity contribution in [3.05, 3.63) is 107 Å². The zero-order valence-electron chi connectivity index (χ0n) is 21.4. The van der Waals surface area contributed by atoms with Crippen LogP contribution in [0.3, 0.4) is 0 Å². The minimum atomic E-state index is -0.309. The van der Waals surface area contributed by atoms with Crippen molar-refractivity contribution in [2.75, 3.05) is 5.32 Å². The number of anilines is 1. The predicted octanol–water partition coefficient (Wildman–Crippen LogP) is 6.49. The normalized spacial score (nSPS) is 12.1. The summed E-state index contributed by atoms with van der Waals surface area (Å²) in [7, 11) is 1.99. The number of benzene rings is 2. The van der Waals surface area contributed by atoms with Crippen molar-refractivity contribution in [3.63, 3.8) is 0 Å². The number of carbonyl (C=O) groups excluding carboxylic acids is 1. The maximum absolute atomic E-state index is 13.3. The molecule has 1 amide bonds. The Morgan fingerprint density at radius 3 is 2.72 bits per heavy atom. The highest BCUT2D eigenvalue weighted by atomic mass is 32.1. The van der Waals surface area contributed by atoms with Gasteiger partial charge in [-0.3, -0.25) is 9.78 Å². The van der Waals surface area contributed by atoms with Gasteiger partial charge in [0, 0.05) is 28.4 Å². The van der Waals surface area contributed by atoms with E-state index >= 15 is 0 Å². The molecule has 6 rings (SSSR count). The number of nitrogens with one attached hydrogen (secondary N) is 2. The van der Waals surface area contributed by atoms with Crippen LogP contribution >= 0.6 is 11.3 Å². The molecule has 2 aromatic carbocycles. The average Bonchev–Trinajstić information content (AvgIpc) is 3.59. The number of fused-ring (bicyclic) bond motifs is 3. The lowest BCUT2D eigenvalue weighted by Gasteiger charge is -2.16. The van der Waals surface area contributed by atoms with Crippen molar-refractivity contribution in [1.29, 1.82) is 0 Å². The summed E-state index contributed by atoms with van der Waals surface area (Å²) in [6.45, 7) is 2.39. The Kier molecular flexibility index (Phi) is 6.50. The van der Waals surface area contributed by atoms with Crippen LogP contribution in [0.1, 0.15) is 33.8 Å². The van der Waals surface area contributed by atoms with E-state index in [9.17, 15) is 9.18 Å². The number of imidazole rings is 1. The topological polar surface area (TPSA) is 84.7 Å². The molecule has 1 atom stereocenters. The third kappa shape index (κ3) is 4.96. The van der Waals surface area contributed by atoms with E-state index in [4.69, 9.17) is 0 Å². The number of halogens is 1. The monoisotopic (exact) mass is 536 g/mol. The van der Waals surface area contributed by atoms with E-state index in [1.807, 2.05) is 37.1 Å². The molecule has 4 heterocycles. The molecule has 0 spiro atoms. The fraction of sp³-hybridized carbons (Fsp3) is 0.133. The average molecular weight is 537 g/mol. The van der Waals surface area contributed by atoms with E-state index in [0.717, 1.165) is 42.8 Å². The second-order valence-corrected chi connectivity index (χ2v) is 10.5. The molecule has 9 heteroatoms. The summed E-state index contributed by atoms with van der Waals surface area (Å²) in [5.74, 6) is -0.0525. The van der Waals surface area contributed by atoms with Gasteiger partial charge < -0.3 is 15.2 Å². The van der Waals surface area contributed by atoms with E-state index in [1.54, 1.807) is 41.8 Å². The standard InChI is InChI=1S/C30H25FN6OS/c1-18(19-5-8-21(31)9-6-19)36-30(38)23-4-3-13-32-29(23)34-15-22-10-12-27(39-22)20-7-11-25-24(14-20)28-26(16-33-25)35-17-37(28)2/h3-14,16-18H,15H2,1-2H3,(H,32,34)(H,36,38). The van der Waals surface area contributed by atoms with E-state index in [1.165, 1.54) is 12.1 Å². The molecule has 0 aliphatic heterocycles. The molecular formula is C30H25FN6OS. The molecule has 1 unspecified atom stereocenters. The fourth-order valence-electron chi connectivity index (χ4n) is 4.63. The second kappa shape index (κ2) is 10.3. The van der Waals surface area contributed by atoms with Crippen LogP contribution in [0.5, 0.6) is 0 Å². The summed E-state index contributed by atoms with van der Waals surface area (Å²) in [5, 5.41) is 7.36. The van der Waals surface area contributed by atoms with Crippen LogP contribution in [0.2, 0.25) is 0 Å². The van der Waals surface area contributed by atoms with Crippen LogP contribution < -0.4 is 10.6 Å². The highest BCUT2D eigenvalue weighted by molar-refractivity contribution is 7.15. The minimum absolute atomic E-state index is 0.249. The summed E-state index contributed by atoms with van der Waals surface area (Å²) < 4.78 is 15.3. The van der Waals surface area contributed by atoms with Gasteiger partial charge in [-0.05, 0) is 66.6 Å². The molecule has 7 nitrogen and oxygen atoms in total. The number of hydrogen-bond donors (Lipinski definition) is 2. The summed E-state index contributed by atoms with van der Waals surface area (Å²) in [4.78, 5) is 28.7. The quantitative estimate of drug-likeness (QED) is 0.244. The van der Waals surface area contributed by atoms with E-state index in [0.29, 0.717) is 17.9 Å². The van der Waals surface area contributed by atoms with Crippen molar-refractivity contribution < 1.29 is 9.18 Å². The SMILES string of the molecule is CC(NC(=O)c1cccnc1NCc1ccc(-c2ccc3ncc4ncn(C)c4c3c2)s1)c1ccc(F)cc1. The lowest BCUT2D eigenvalue weighted by Crippen LogP contribution is -2.27. The molecule has 4 aromatic heterocycles. The van der Waals surface area contributed by atoms with Gasteiger partial charge in [0.25, 0.3) is 5.91 Å². The number of nitrogens with zero attached hydrogens (tertiary/aromatic N) is 4. The molecule has 0 aliphatic rings. The van der Waals surface area contributed by atoms with Crippen LogP contribution in [0.4, 0.5) is 10.2 Å². The van der Waals surface area contributed by atoms with Crippen molar-refractivity contribution in [3.8, 4) is 10.4 Å². The molecule has 39 heavy (non-hydrogen) atoms. The van der Waals surface area contributed by atoms with Gasteiger partial charge in [-0.25, -0.2) is 14.4 Å². The lowest BCUT2D eigenvalue weighted by molar-refractivity contribution is 0.0940. The molecule has 2 N–H and O–H groups in total. The van der Waals surface area contributed by atoms with Gasteiger partial charge >= 0.3 is 0 Å². The molecule has 0 saturated carbocycles. The van der Waals surface area contributed by atoms with Crippen molar-refractivity contribution in [2.45, 2.75) is 19.5 Å². The van der Waals surface area contributed by atoms with Gasteiger partial charge in [0.1, 0.15) is 17.2 Å². The minimum Gasteiger partial charge on any atom is -0.365 e. The van der Waals surface area contributed by atoms with Gasteiger partial charge in [0.15, 0.2) is 0 Å². The molecule has 0 fully saturated rings. The molecular weight excluding hydrogens is 511 g/mol. The summed E-state index contributed by atoms with van der Waals surface area (Å²) in [5.41, 5.74) is 5.26. The number of pyridine rings is 2. The maximum atomic E-state index is 13.3. The van der Waals surface area contributed by atoms with Crippen LogP contribution in [0.25, 0.3) is 32.4 Å². The first-order valence-corrected chi connectivity index (χ1v) is 13.3. The number of aryl methyl sites for hydroxylation is 1. The second-order valence-electron chi connectivity index (χ2n) is 9.35. The molecule has 0 radical (unpaired) electrons. The molecule has 194 valence electrons. The number of hydrogen-bond acceptors (Lipinski definition) is 6. The smallest absolute Gasteiger partial charge is 0.255 e. The van der Waals surface area contributed by atoms with Crippen LogP contribution in [0, 0.1) is 5.82 Å². The molecule has 6 aromatic rings. The first-order valence-electron chi connectivity index (χ1n) is 12.5. The summed E-state index contributed by atoms with van der Waals surface area (Å²) in [6.07, 6.45) is 5.27. The van der Waals surface area contributed by atoms with Gasteiger partial charge in [0.2, 0.25) is 0 Å². The predicted molar refractivity (Wildman–Crippen MR) is 153 cm³/mol. The number of amides is 1. The first-order chi connectivity index (χ1) is 19.0.